The second-order valence-electron chi connectivity index (χ2n) is 9.71. The molecule has 0 amide bonds. The van der Waals surface area contributed by atoms with E-state index in [4.69, 9.17) is 4.74 Å². The molecule has 8 heteroatoms. The topological polar surface area (TPSA) is 54.8 Å². The van der Waals surface area contributed by atoms with Crippen LogP contribution in [-0.2, 0) is 6.42 Å². The maximum Gasteiger partial charge on any atom is 0.388 e. The minimum absolute atomic E-state index is 0. The first-order valence-corrected chi connectivity index (χ1v) is 13.0. The van der Waals surface area contributed by atoms with Crippen molar-refractivity contribution in [3.05, 3.63) is 83.0 Å². The lowest BCUT2D eigenvalue weighted by atomic mass is 9.88. The number of aromatic nitrogens is 1. The van der Waals surface area contributed by atoms with Crippen LogP contribution in [0.4, 0.5) is 13.2 Å². The maximum atomic E-state index is 12.6. The van der Waals surface area contributed by atoms with Crippen LogP contribution in [0.1, 0.15) is 55.4 Å². The molecule has 0 saturated carbocycles. The SMILES string of the molecule is C.Oc1ccc2c(c1)CCCC(c1ccc(OC(F)F)nc1)=C2c1ccc(O[C@H]2CCN(CCCF)C2)cc1. The molecule has 3 aromatic rings. The van der Waals surface area contributed by atoms with E-state index in [0.717, 1.165) is 84.5 Å². The summed E-state index contributed by atoms with van der Waals surface area (Å²) < 4.78 is 48.4. The number of halogens is 3. The van der Waals surface area contributed by atoms with E-state index in [-0.39, 0.29) is 31.8 Å². The largest absolute Gasteiger partial charge is 0.508 e. The van der Waals surface area contributed by atoms with Gasteiger partial charge in [-0.3, -0.25) is 9.29 Å². The molecule has 0 unspecified atom stereocenters. The van der Waals surface area contributed by atoms with Crippen molar-refractivity contribution in [1.82, 2.24) is 9.88 Å². The minimum Gasteiger partial charge on any atom is -0.508 e. The zero-order valence-corrected chi connectivity index (χ0v) is 21.1. The number of phenolic OH excluding ortho intramolecular Hbond substituents is 1. The zero-order chi connectivity index (χ0) is 26.5. The number of benzene rings is 2. The smallest absolute Gasteiger partial charge is 0.388 e. The van der Waals surface area contributed by atoms with Crippen molar-refractivity contribution < 1.29 is 27.8 Å². The molecule has 2 aromatic carbocycles. The number of allylic oxidation sites excluding steroid dienone is 1. The van der Waals surface area contributed by atoms with Crippen LogP contribution in [-0.4, -0.2) is 54.0 Å². The fourth-order valence-corrected chi connectivity index (χ4v) is 5.38. The highest BCUT2D eigenvalue weighted by atomic mass is 19.3. The number of pyridine rings is 1. The van der Waals surface area contributed by atoms with Gasteiger partial charge in [0.25, 0.3) is 0 Å². The van der Waals surface area contributed by atoms with Crippen LogP contribution in [0.3, 0.4) is 0 Å². The number of aryl methyl sites for hydroxylation is 1. The summed E-state index contributed by atoms with van der Waals surface area (Å²) in [7, 11) is 0. The molecule has 208 valence electrons. The van der Waals surface area contributed by atoms with Crippen LogP contribution in [0, 0.1) is 0 Å². The Labute approximate surface area is 227 Å². The van der Waals surface area contributed by atoms with Gasteiger partial charge in [-0.15, -0.1) is 0 Å². The van der Waals surface area contributed by atoms with E-state index < -0.39 is 6.61 Å². The molecule has 1 N–H and O–H groups in total. The van der Waals surface area contributed by atoms with Crippen molar-refractivity contribution >= 4 is 11.1 Å². The van der Waals surface area contributed by atoms with E-state index >= 15 is 0 Å². The van der Waals surface area contributed by atoms with Crippen LogP contribution in [0.15, 0.2) is 60.8 Å². The zero-order valence-electron chi connectivity index (χ0n) is 21.1. The molecule has 1 saturated heterocycles. The molecule has 2 heterocycles. The van der Waals surface area contributed by atoms with Crippen LogP contribution >= 0.6 is 0 Å². The second-order valence-corrected chi connectivity index (χ2v) is 9.71. The number of hydrogen-bond donors (Lipinski definition) is 1. The minimum atomic E-state index is -2.93. The third-order valence-electron chi connectivity index (χ3n) is 7.11. The van der Waals surface area contributed by atoms with Crippen molar-refractivity contribution in [2.75, 3.05) is 26.3 Å². The lowest BCUT2D eigenvalue weighted by Gasteiger charge is -2.18. The number of ether oxygens (including phenoxy) is 2. The van der Waals surface area contributed by atoms with Gasteiger partial charge < -0.3 is 14.6 Å². The lowest BCUT2D eigenvalue weighted by Crippen LogP contribution is -2.26. The van der Waals surface area contributed by atoms with E-state index in [0.29, 0.717) is 6.42 Å². The van der Waals surface area contributed by atoms with Gasteiger partial charge in [-0.25, -0.2) is 4.98 Å². The van der Waals surface area contributed by atoms with Gasteiger partial charge in [0.1, 0.15) is 17.6 Å². The molecule has 0 bridgehead atoms. The van der Waals surface area contributed by atoms with E-state index in [9.17, 15) is 18.3 Å². The summed E-state index contributed by atoms with van der Waals surface area (Å²) in [5.41, 5.74) is 5.98. The third kappa shape index (κ3) is 6.92. The van der Waals surface area contributed by atoms with Crippen molar-refractivity contribution in [3.8, 4) is 17.4 Å². The number of hydrogen-bond acceptors (Lipinski definition) is 5. The average molecular weight is 541 g/mol. The Morgan fingerprint density at radius 1 is 1.03 bits per heavy atom. The van der Waals surface area contributed by atoms with Gasteiger partial charge in [0.05, 0.1) is 6.67 Å². The van der Waals surface area contributed by atoms with Crippen LogP contribution in [0.2, 0.25) is 0 Å². The molecule has 0 spiro atoms. The molecule has 1 aromatic heterocycles. The molecule has 1 atom stereocenters. The predicted molar refractivity (Wildman–Crippen MR) is 147 cm³/mol. The Morgan fingerprint density at radius 3 is 2.54 bits per heavy atom. The van der Waals surface area contributed by atoms with Crippen molar-refractivity contribution in [3.63, 3.8) is 0 Å². The van der Waals surface area contributed by atoms with Crippen LogP contribution in [0.25, 0.3) is 11.1 Å². The number of fused-ring (bicyclic) bond motifs is 1. The van der Waals surface area contributed by atoms with Gasteiger partial charge in [0.2, 0.25) is 5.88 Å². The predicted octanol–water partition coefficient (Wildman–Crippen LogP) is 7.13. The fraction of sp³-hybridized carbons (Fsp3) is 0.387. The number of nitrogens with zero attached hydrogens (tertiary/aromatic N) is 2. The number of likely N-dealkylation sites (tertiary alicyclic amines) is 1. The van der Waals surface area contributed by atoms with Gasteiger partial charge in [-0.1, -0.05) is 25.6 Å². The lowest BCUT2D eigenvalue weighted by molar-refractivity contribution is -0.0528. The van der Waals surface area contributed by atoms with E-state index in [1.807, 2.05) is 36.4 Å². The van der Waals surface area contributed by atoms with Gasteiger partial charge in [0.15, 0.2) is 0 Å². The monoisotopic (exact) mass is 540 g/mol. The second kappa shape index (κ2) is 13.0. The Morgan fingerprint density at radius 2 is 1.82 bits per heavy atom. The fourth-order valence-electron chi connectivity index (χ4n) is 5.38. The van der Waals surface area contributed by atoms with Crippen LogP contribution in [0.5, 0.6) is 17.4 Å². The third-order valence-corrected chi connectivity index (χ3v) is 7.11. The van der Waals surface area contributed by atoms with E-state index in [2.05, 4.69) is 14.6 Å². The van der Waals surface area contributed by atoms with Gasteiger partial charge >= 0.3 is 6.61 Å². The Kier molecular flexibility index (Phi) is 9.51. The number of alkyl halides is 3. The summed E-state index contributed by atoms with van der Waals surface area (Å²) in [6.45, 7) is -0.757. The molecule has 1 fully saturated rings. The molecule has 2 aliphatic rings. The molecular formula is C31H35F3N2O3. The number of rotatable bonds is 9. The van der Waals surface area contributed by atoms with E-state index in [1.165, 1.54) is 6.07 Å². The highest BCUT2D eigenvalue weighted by Crippen LogP contribution is 2.41. The molecule has 5 nitrogen and oxygen atoms in total. The summed E-state index contributed by atoms with van der Waals surface area (Å²) in [5, 5.41) is 10.1. The van der Waals surface area contributed by atoms with Crippen molar-refractivity contribution in [1.29, 1.82) is 0 Å². The van der Waals surface area contributed by atoms with Gasteiger partial charge in [-0.2, -0.15) is 8.78 Å². The first-order chi connectivity index (χ1) is 18.5. The molecule has 1 aliphatic heterocycles. The summed E-state index contributed by atoms with van der Waals surface area (Å²) in [6.07, 6.45) is 5.55. The van der Waals surface area contributed by atoms with Crippen LogP contribution < -0.4 is 9.47 Å². The Hall–Kier alpha value is -3.52. The summed E-state index contributed by atoms with van der Waals surface area (Å²) in [5.74, 6) is 0.882. The van der Waals surface area contributed by atoms with Crippen molar-refractivity contribution in [2.24, 2.45) is 0 Å². The quantitative estimate of drug-likeness (QED) is 0.313. The Balaban J connectivity index is 0.00000353. The number of phenols is 1. The normalized spacial score (nSPS) is 17.5. The maximum absolute atomic E-state index is 12.6. The molecular weight excluding hydrogens is 505 g/mol. The summed E-state index contributed by atoms with van der Waals surface area (Å²) >= 11 is 0. The first kappa shape index (κ1) is 28.5. The van der Waals surface area contributed by atoms with Crippen molar-refractivity contribution in [2.45, 2.75) is 52.2 Å². The number of aromatic hydroxyl groups is 1. The molecule has 39 heavy (non-hydrogen) atoms. The van der Waals surface area contributed by atoms with E-state index in [1.54, 1.807) is 18.3 Å². The average Bonchev–Trinajstić information content (AvgIpc) is 3.27. The van der Waals surface area contributed by atoms with Gasteiger partial charge in [0, 0.05) is 31.9 Å². The summed E-state index contributed by atoms with van der Waals surface area (Å²) in [6, 6.07) is 16.6. The molecule has 1 aliphatic carbocycles. The highest BCUT2D eigenvalue weighted by Gasteiger charge is 2.24. The highest BCUT2D eigenvalue weighted by molar-refractivity contribution is 5.99. The molecule has 0 radical (unpaired) electrons. The first-order valence-electron chi connectivity index (χ1n) is 13.0. The standard InChI is InChI=1S/C30H31F3N2O3.CH4/c31-14-2-15-35-16-13-25(19-35)37-24-9-5-20(6-10-24)29-26(22-7-12-28(34-18-22)38-30(32)33)4-1-3-21-17-23(36)8-11-27(21)29;/h5-12,17-18,25,30,36H,1-4,13-16,19H2;1H4/t25-;/m0./s1. The Bertz CT molecular complexity index is 1260. The molecule has 5 rings (SSSR count). The summed E-state index contributed by atoms with van der Waals surface area (Å²) in [4.78, 5) is 6.33. The van der Waals surface area contributed by atoms with Gasteiger partial charge in [-0.05, 0) is 95.8 Å².